The van der Waals surface area contributed by atoms with Gasteiger partial charge in [0.15, 0.2) is 5.82 Å². The number of carbonyl (C=O) groups excluding carboxylic acids is 1. The molecule has 1 N–H and O–H groups in total. The highest BCUT2D eigenvalue weighted by molar-refractivity contribution is 5.91. The lowest BCUT2D eigenvalue weighted by atomic mass is 10.1. The van der Waals surface area contributed by atoms with E-state index in [1.54, 1.807) is 6.08 Å². The van der Waals surface area contributed by atoms with Crippen LogP contribution < -0.4 is 5.32 Å². The Bertz CT molecular complexity index is 1000. The molecule has 2 aromatic heterocycles. The Morgan fingerprint density at radius 2 is 2.00 bits per heavy atom. The molecule has 0 bridgehead atoms. The highest BCUT2D eigenvalue weighted by atomic mass is 16.5. The van der Waals surface area contributed by atoms with E-state index in [2.05, 4.69) is 22.6 Å². The van der Waals surface area contributed by atoms with Gasteiger partial charge in [-0.25, -0.2) is 0 Å². The number of carbonyl (C=O) groups is 1. The van der Waals surface area contributed by atoms with Gasteiger partial charge in [-0.1, -0.05) is 35.5 Å². The molecule has 0 aliphatic rings. The second-order valence-corrected chi connectivity index (χ2v) is 7.36. The number of aryl methyl sites for hydroxylation is 2. The van der Waals surface area contributed by atoms with Crippen LogP contribution in [0.15, 0.2) is 53.1 Å². The van der Waals surface area contributed by atoms with Gasteiger partial charge in [0.25, 0.3) is 0 Å². The standard InChI is InChI=1S/C24H29N3O3/c1-17-15-22(19(3)27(17)23-16-18(2)30-26-23)11-12-24(28)25-13-8-14-29-20(4)21-9-6-5-7-10-21/h5-7,9-12,15-16,20H,8,13-14H2,1-4H3,(H,25,28)/b12-11+. The Hall–Kier alpha value is -3.12. The first kappa shape index (κ1) is 21.6. The van der Waals surface area contributed by atoms with Crippen molar-refractivity contribution in [2.24, 2.45) is 0 Å². The summed E-state index contributed by atoms with van der Waals surface area (Å²) in [5.74, 6) is 1.39. The molecule has 1 unspecified atom stereocenters. The topological polar surface area (TPSA) is 69.3 Å². The summed E-state index contributed by atoms with van der Waals surface area (Å²) in [7, 11) is 0. The number of benzene rings is 1. The zero-order valence-corrected chi connectivity index (χ0v) is 18.0. The Kier molecular flexibility index (Phi) is 7.25. The van der Waals surface area contributed by atoms with Crippen molar-refractivity contribution in [3.63, 3.8) is 0 Å². The summed E-state index contributed by atoms with van der Waals surface area (Å²) in [5.41, 5.74) is 4.17. The van der Waals surface area contributed by atoms with E-state index < -0.39 is 0 Å². The fourth-order valence-electron chi connectivity index (χ4n) is 3.36. The number of rotatable bonds is 9. The predicted octanol–water partition coefficient (Wildman–Crippen LogP) is 4.69. The van der Waals surface area contributed by atoms with Crippen molar-refractivity contribution >= 4 is 12.0 Å². The predicted molar refractivity (Wildman–Crippen MR) is 118 cm³/mol. The second kappa shape index (κ2) is 10.1. The lowest BCUT2D eigenvalue weighted by Gasteiger charge is -2.13. The molecule has 30 heavy (non-hydrogen) atoms. The van der Waals surface area contributed by atoms with Crippen molar-refractivity contribution in [3.05, 3.63) is 76.8 Å². The van der Waals surface area contributed by atoms with E-state index in [1.807, 2.05) is 68.7 Å². The molecule has 1 aromatic carbocycles. The van der Waals surface area contributed by atoms with E-state index in [4.69, 9.17) is 9.26 Å². The zero-order valence-electron chi connectivity index (χ0n) is 18.0. The highest BCUT2D eigenvalue weighted by Crippen LogP contribution is 2.21. The SMILES string of the molecule is Cc1cc(-n2c(C)cc(/C=C/C(=O)NCCCOC(C)c3ccccc3)c2C)no1. The number of hydrogen-bond donors (Lipinski definition) is 1. The van der Waals surface area contributed by atoms with Gasteiger partial charge in [-0.15, -0.1) is 0 Å². The fourth-order valence-corrected chi connectivity index (χ4v) is 3.36. The van der Waals surface area contributed by atoms with Gasteiger partial charge in [-0.3, -0.25) is 9.36 Å². The first-order valence-corrected chi connectivity index (χ1v) is 10.2. The Morgan fingerprint density at radius 3 is 2.70 bits per heavy atom. The highest BCUT2D eigenvalue weighted by Gasteiger charge is 2.12. The molecule has 158 valence electrons. The Balaban J connectivity index is 1.45. The van der Waals surface area contributed by atoms with Crippen LogP contribution in [0, 0.1) is 20.8 Å². The average Bonchev–Trinajstić information content (AvgIpc) is 3.28. The molecule has 3 aromatic rings. The van der Waals surface area contributed by atoms with E-state index in [9.17, 15) is 4.79 Å². The molecule has 1 amide bonds. The number of nitrogens with zero attached hydrogens (tertiary/aromatic N) is 2. The summed E-state index contributed by atoms with van der Waals surface area (Å²) < 4.78 is 13.0. The summed E-state index contributed by atoms with van der Waals surface area (Å²) in [4.78, 5) is 12.1. The third-order valence-corrected chi connectivity index (χ3v) is 4.99. The number of nitrogens with one attached hydrogen (secondary N) is 1. The minimum Gasteiger partial charge on any atom is -0.374 e. The van der Waals surface area contributed by atoms with Crippen LogP contribution in [-0.4, -0.2) is 28.8 Å². The molecule has 0 fully saturated rings. The van der Waals surface area contributed by atoms with Crippen molar-refractivity contribution in [1.29, 1.82) is 0 Å². The maximum absolute atomic E-state index is 12.1. The van der Waals surface area contributed by atoms with Gasteiger partial charge >= 0.3 is 0 Å². The van der Waals surface area contributed by atoms with Crippen molar-refractivity contribution in [2.45, 2.75) is 40.2 Å². The van der Waals surface area contributed by atoms with Gasteiger partial charge in [-0.2, -0.15) is 0 Å². The molecule has 0 aliphatic carbocycles. The molecule has 0 saturated carbocycles. The van der Waals surface area contributed by atoms with Gasteiger partial charge in [-0.05, 0) is 57.4 Å². The van der Waals surface area contributed by atoms with Gasteiger partial charge < -0.3 is 14.6 Å². The molecule has 3 rings (SSSR count). The molecule has 0 spiro atoms. The molecule has 0 radical (unpaired) electrons. The lowest BCUT2D eigenvalue weighted by molar-refractivity contribution is -0.116. The summed E-state index contributed by atoms with van der Waals surface area (Å²) in [5, 5.41) is 6.98. The van der Waals surface area contributed by atoms with Crippen molar-refractivity contribution < 1.29 is 14.1 Å². The first-order valence-electron chi connectivity index (χ1n) is 10.2. The molecular weight excluding hydrogens is 378 g/mol. The van der Waals surface area contributed by atoms with E-state index >= 15 is 0 Å². The normalized spacial score (nSPS) is 12.4. The van der Waals surface area contributed by atoms with Gasteiger partial charge in [0.1, 0.15) is 5.76 Å². The van der Waals surface area contributed by atoms with E-state index in [1.165, 1.54) is 0 Å². The second-order valence-electron chi connectivity index (χ2n) is 7.36. The Morgan fingerprint density at radius 1 is 1.23 bits per heavy atom. The number of ether oxygens (including phenoxy) is 1. The summed E-state index contributed by atoms with van der Waals surface area (Å²) in [6.45, 7) is 9.07. The zero-order chi connectivity index (χ0) is 21.5. The summed E-state index contributed by atoms with van der Waals surface area (Å²) in [6.07, 6.45) is 4.20. The van der Waals surface area contributed by atoms with Crippen molar-refractivity contribution in [2.75, 3.05) is 13.2 Å². The minimum atomic E-state index is -0.117. The molecular formula is C24H29N3O3. The summed E-state index contributed by atoms with van der Waals surface area (Å²) in [6, 6.07) is 14.0. The summed E-state index contributed by atoms with van der Waals surface area (Å²) >= 11 is 0. The van der Waals surface area contributed by atoms with Gasteiger partial charge in [0.05, 0.1) is 6.10 Å². The Labute approximate surface area is 177 Å². The average molecular weight is 408 g/mol. The first-order chi connectivity index (χ1) is 14.5. The van der Waals surface area contributed by atoms with Crippen molar-refractivity contribution in [1.82, 2.24) is 15.0 Å². The van der Waals surface area contributed by atoms with Crippen LogP contribution in [0.3, 0.4) is 0 Å². The van der Waals surface area contributed by atoms with Crippen LogP contribution in [0.5, 0.6) is 0 Å². The molecule has 2 heterocycles. The lowest BCUT2D eigenvalue weighted by Crippen LogP contribution is -2.23. The van der Waals surface area contributed by atoms with Gasteiger partial charge in [0, 0.05) is 36.7 Å². The van der Waals surface area contributed by atoms with Crippen LogP contribution in [0.25, 0.3) is 11.9 Å². The molecule has 0 aliphatic heterocycles. The number of hydrogen-bond acceptors (Lipinski definition) is 4. The quantitative estimate of drug-likeness (QED) is 0.413. The number of amides is 1. The fraction of sp³-hybridized carbons (Fsp3) is 0.333. The minimum absolute atomic E-state index is 0.0468. The maximum atomic E-state index is 12.1. The van der Waals surface area contributed by atoms with Crippen LogP contribution >= 0.6 is 0 Å². The molecule has 0 saturated heterocycles. The van der Waals surface area contributed by atoms with Crippen LogP contribution in [0.2, 0.25) is 0 Å². The smallest absolute Gasteiger partial charge is 0.244 e. The largest absolute Gasteiger partial charge is 0.374 e. The molecule has 1 atom stereocenters. The van der Waals surface area contributed by atoms with Crippen LogP contribution in [0.1, 0.15) is 47.7 Å². The third kappa shape index (κ3) is 5.48. The monoisotopic (exact) mass is 407 g/mol. The third-order valence-electron chi connectivity index (χ3n) is 4.99. The number of aromatic nitrogens is 2. The van der Waals surface area contributed by atoms with E-state index in [0.29, 0.717) is 13.2 Å². The molecule has 6 nitrogen and oxygen atoms in total. The van der Waals surface area contributed by atoms with E-state index in [0.717, 1.165) is 40.5 Å². The van der Waals surface area contributed by atoms with Crippen LogP contribution in [-0.2, 0) is 9.53 Å². The maximum Gasteiger partial charge on any atom is 0.244 e. The van der Waals surface area contributed by atoms with Gasteiger partial charge in [0.2, 0.25) is 5.91 Å². The van der Waals surface area contributed by atoms with E-state index in [-0.39, 0.29) is 12.0 Å². The van der Waals surface area contributed by atoms with Crippen LogP contribution in [0.4, 0.5) is 0 Å². The molecule has 6 heteroatoms. The van der Waals surface area contributed by atoms with Crippen molar-refractivity contribution in [3.8, 4) is 5.82 Å².